The average Bonchev–Trinajstić information content (AvgIpc) is 3.03. The monoisotopic (exact) mass is 432 g/mol. The quantitative estimate of drug-likeness (QED) is 0.392. The molecule has 1 heterocycles. The molecule has 0 saturated heterocycles. The Hall–Kier alpha value is -4.13. The molecule has 0 atom stereocenters. The molecule has 0 unspecified atom stereocenters. The predicted octanol–water partition coefficient (Wildman–Crippen LogP) is 3.56. The van der Waals surface area contributed by atoms with Gasteiger partial charge in [0.05, 0.1) is 18.3 Å². The SMILES string of the molecule is C=CCN1C(=O)/C(=C\c2ccc(OCC(=O)Nc3ccccc3)cc2)C(C(=O)OC)=C1C. The van der Waals surface area contributed by atoms with Crippen LogP contribution >= 0.6 is 0 Å². The van der Waals surface area contributed by atoms with Gasteiger partial charge in [-0.1, -0.05) is 36.4 Å². The maximum Gasteiger partial charge on any atom is 0.340 e. The smallest absolute Gasteiger partial charge is 0.340 e. The Morgan fingerprint density at radius 3 is 2.41 bits per heavy atom. The Morgan fingerprint density at radius 1 is 1.09 bits per heavy atom. The molecule has 0 spiro atoms. The number of esters is 1. The number of carbonyl (C=O) groups is 3. The molecule has 7 heteroatoms. The standard InChI is InChI=1S/C25H24N2O5/c1-4-14-27-17(2)23(25(30)31-3)21(24(27)29)15-18-10-12-20(13-11-18)32-16-22(28)26-19-8-6-5-7-9-19/h4-13,15H,1,14,16H2,2-3H3,(H,26,28)/b21-15-. The number of ether oxygens (including phenoxy) is 2. The van der Waals surface area contributed by atoms with E-state index in [1.54, 1.807) is 55.5 Å². The van der Waals surface area contributed by atoms with E-state index in [4.69, 9.17) is 9.47 Å². The summed E-state index contributed by atoms with van der Waals surface area (Å²) in [5, 5.41) is 2.74. The maximum absolute atomic E-state index is 12.8. The van der Waals surface area contributed by atoms with Crippen LogP contribution in [0.3, 0.4) is 0 Å². The topological polar surface area (TPSA) is 84.9 Å². The van der Waals surface area contributed by atoms with Gasteiger partial charge in [0.2, 0.25) is 0 Å². The average molecular weight is 432 g/mol. The largest absolute Gasteiger partial charge is 0.484 e. The molecule has 3 rings (SSSR count). The minimum Gasteiger partial charge on any atom is -0.484 e. The molecule has 7 nitrogen and oxygen atoms in total. The van der Waals surface area contributed by atoms with E-state index in [1.165, 1.54) is 12.0 Å². The van der Waals surface area contributed by atoms with Gasteiger partial charge in [-0.15, -0.1) is 6.58 Å². The van der Waals surface area contributed by atoms with E-state index in [-0.39, 0.29) is 29.6 Å². The van der Waals surface area contributed by atoms with Crippen LogP contribution in [0.2, 0.25) is 0 Å². The highest BCUT2D eigenvalue weighted by Crippen LogP contribution is 2.31. The molecule has 32 heavy (non-hydrogen) atoms. The van der Waals surface area contributed by atoms with Gasteiger partial charge < -0.3 is 19.7 Å². The Bertz CT molecular complexity index is 1090. The van der Waals surface area contributed by atoms with E-state index in [2.05, 4.69) is 11.9 Å². The van der Waals surface area contributed by atoms with E-state index in [1.807, 2.05) is 18.2 Å². The number of hydrogen-bond acceptors (Lipinski definition) is 5. The number of benzene rings is 2. The number of methoxy groups -OCH3 is 1. The van der Waals surface area contributed by atoms with Gasteiger partial charge in [-0.2, -0.15) is 0 Å². The van der Waals surface area contributed by atoms with Crippen molar-refractivity contribution in [3.8, 4) is 5.75 Å². The van der Waals surface area contributed by atoms with Crippen LogP contribution in [-0.2, 0) is 19.1 Å². The zero-order valence-electron chi connectivity index (χ0n) is 18.0. The van der Waals surface area contributed by atoms with Gasteiger partial charge in [0.15, 0.2) is 6.61 Å². The lowest BCUT2D eigenvalue weighted by Crippen LogP contribution is -2.24. The summed E-state index contributed by atoms with van der Waals surface area (Å²) < 4.78 is 10.4. The van der Waals surface area contributed by atoms with E-state index >= 15 is 0 Å². The second kappa shape index (κ2) is 10.3. The number of nitrogens with zero attached hydrogens (tertiary/aromatic N) is 1. The summed E-state index contributed by atoms with van der Waals surface area (Å²) in [6.45, 7) is 5.51. The van der Waals surface area contributed by atoms with Crippen molar-refractivity contribution in [1.82, 2.24) is 4.90 Å². The molecule has 2 amide bonds. The molecule has 0 bridgehead atoms. The summed E-state index contributed by atoms with van der Waals surface area (Å²) in [5.74, 6) is -0.635. The summed E-state index contributed by atoms with van der Waals surface area (Å²) in [6.07, 6.45) is 3.23. The number of hydrogen-bond donors (Lipinski definition) is 1. The number of allylic oxidation sites excluding steroid dienone is 1. The molecule has 1 aliphatic heterocycles. The van der Waals surface area contributed by atoms with Crippen molar-refractivity contribution < 1.29 is 23.9 Å². The van der Waals surface area contributed by atoms with Crippen molar-refractivity contribution in [2.75, 3.05) is 25.6 Å². The number of anilines is 1. The van der Waals surface area contributed by atoms with Crippen molar-refractivity contribution >= 4 is 29.5 Å². The van der Waals surface area contributed by atoms with Crippen LogP contribution in [0.25, 0.3) is 6.08 Å². The molecule has 2 aromatic carbocycles. The Balaban J connectivity index is 1.71. The van der Waals surface area contributed by atoms with Crippen LogP contribution < -0.4 is 10.1 Å². The second-order valence-corrected chi connectivity index (χ2v) is 6.99. The first-order valence-electron chi connectivity index (χ1n) is 9.96. The third kappa shape index (κ3) is 5.13. The summed E-state index contributed by atoms with van der Waals surface area (Å²) in [5.41, 5.74) is 2.41. The van der Waals surface area contributed by atoms with E-state index < -0.39 is 5.97 Å². The fourth-order valence-electron chi connectivity index (χ4n) is 3.27. The summed E-state index contributed by atoms with van der Waals surface area (Å²) >= 11 is 0. The first-order chi connectivity index (χ1) is 15.4. The number of carbonyl (C=O) groups excluding carboxylic acids is 3. The first kappa shape index (κ1) is 22.6. The Labute approximate surface area is 186 Å². The summed E-state index contributed by atoms with van der Waals surface area (Å²) in [6, 6.07) is 16.0. The number of amides is 2. The highest BCUT2D eigenvalue weighted by molar-refractivity contribution is 6.16. The van der Waals surface area contributed by atoms with Gasteiger partial charge in [0.25, 0.3) is 11.8 Å². The molecule has 0 aromatic heterocycles. The molecule has 0 fully saturated rings. The van der Waals surface area contributed by atoms with Crippen molar-refractivity contribution in [3.05, 3.63) is 89.7 Å². The van der Waals surface area contributed by atoms with E-state index in [0.717, 1.165) is 0 Å². The fraction of sp³-hybridized carbons (Fsp3) is 0.160. The first-order valence-corrected chi connectivity index (χ1v) is 9.96. The van der Waals surface area contributed by atoms with Gasteiger partial charge in [0, 0.05) is 17.9 Å². The van der Waals surface area contributed by atoms with Crippen molar-refractivity contribution in [3.63, 3.8) is 0 Å². The zero-order valence-corrected chi connectivity index (χ0v) is 18.0. The molecule has 164 valence electrons. The lowest BCUT2D eigenvalue weighted by molar-refractivity contribution is -0.136. The molecule has 1 N–H and O–H groups in total. The van der Waals surface area contributed by atoms with Crippen LogP contribution in [0.4, 0.5) is 5.69 Å². The van der Waals surface area contributed by atoms with Gasteiger partial charge in [-0.25, -0.2) is 4.79 Å². The molecule has 0 saturated carbocycles. The number of para-hydroxylation sites is 1. The molecule has 2 aromatic rings. The lowest BCUT2D eigenvalue weighted by Gasteiger charge is -2.14. The van der Waals surface area contributed by atoms with E-state index in [0.29, 0.717) is 29.2 Å². The van der Waals surface area contributed by atoms with Crippen molar-refractivity contribution in [2.24, 2.45) is 0 Å². The lowest BCUT2D eigenvalue weighted by atomic mass is 10.0. The highest BCUT2D eigenvalue weighted by Gasteiger charge is 2.36. The minimum absolute atomic E-state index is 0.140. The fourth-order valence-corrected chi connectivity index (χ4v) is 3.27. The summed E-state index contributed by atoms with van der Waals surface area (Å²) in [7, 11) is 1.28. The molecular weight excluding hydrogens is 408 g/mol. The molecule has 0 aliphatic carbocycles. The van der Waals surface area contributed by atoms with Crippen molar-refractivity contribution in [2.45, 2.75) is 6.92 Å². The molecule has 0 radical (unpaired) electrons. The van der Waals surface area contributed by atoms with Crippen LogP contribution in [0.1, 0.15) is 12.5 Å². The number of nitrogens with one attached hydrogen (secondary N) is 1. The normalized spacial score (nSPS) is 14.5. The number of rotatable bonds is 8. The second-order valence-electron chi connectivity index (χ2n) is 6.99. The maximum atomic E-state index is 12.8. The third-order valence-electron chi connectivity index (χ3n) is 4.83. The highest BCUT2D eigenvalue weighted by atomic mass is 16.5. The molecule has 1 aliphatic rings. The van der Waals surface area contributed by atoms with Crippen LogP contribution in [0, 0.1) is 0 Å². The van der Waals surface area contributed by atoms with Crippen LogP contribution in [0.5, 0.6) is 5.75 Å². The van der Waals surface area contributed by atoms with Crippen LogP contribution in [0.15, 0.2) is 84.1 Å². The predicted molar refractivity (Wildman–Crippen MR) is 122 cm³/mol. The van der Waals surface area contributed by atoms with Crippen molar-refractivity contribution in [1.29, 1.82) is 0 Å². The van der Waals surface area contributed by atoms with E-state index in [9.17, 15) is 14.4 Å². The van der Waals surface area contributed by atoms with Gasteiger partial charge in [0.1, 0.15) is 5.75 Å². The van der Waals surface area contributed by atoms with Crippen LogP contribution in [-0.4, -0.2) is 42.9 Å². The van der Waals surface area contributed by atoms with Gasteiger partial charge in [-0.05, 0) is 42.8 Å². The molecular formula is C25H24N2O5. The Morgan fingerprint density at radius 2 is 1.78 bits per heavy atom. The Kier molecular flexibility index (Phi) is 7.23. The zero-order chi connectivity index (χ0) is 23.1. The van der Waals surface area contributed by atoms with Gasteiger partial charge >= 0.3 is 5.97 Å². The third-order valence-corrected chi connectivity index (χ3v) is 4.83. The van der Waals surface area contributed by atoms with Gasteiger partial charge in [-0.3, -0.25) is 9.59 Å². The minimum atomic E-state index is -0.571. The summed E-state index contributed by atoms with van der Waals surface area (Å²) in [4.78, 5) is 38.6.